The lowest BCUT2D eigenvalue weighted by atomic mass is 10.1. The van der Waals surface area contributed by atoms with Gasteiger partial charge in [-0.05, 0) is 37.3 Å². The van der Waals surface area contributed by atoms with Gasteiger partial charge in [0.2, 0.25) is 0 Å². The molecule has 1 amide bonds. The number of aromatic nitrogens is 1. The average Bonchev–Trinajstić information content (AvgIpc) is 2.74. The first-order valence-electron chi connectivity index (χ1n) is 8.79. The van der Waals surface area contributed by atoms with Gasteiger partial charge >= 0.3 is 5.97 Å². The molecule has 0 atom stereocenters. The third-order valence-corrected chi connectivity index (χ3v) is 4.14. The van der Waals surface area contributed by atoms with Crippen LogP contribution in [0.3, 0.4) is 0 Å². The summed E-state index contributed by atoms with van der Waals surface area (Å²) in [5.41, 5.74) is 2.77. The van der Waals surface area contributed by atoms with Gasteiger partial charge in [0.1, 0.15) is 0 Å². The number of pyridine rings is 1. The summed E-state index contributed by atoms with van der Waals surface area (Å²) in [4.78, 5) is 40.1. The maximum Gasteiger partial charge on any atom is 0.339 e. The highest BCUT2D eigenvalue weighted by atomic mass is 16.5. The van der Waals surface area contributed by atoms with Crippen molar-refractivity contribution in [1.29, 1.82) is 0 Å². The fraction of sp³-hybridized carbons (Fsp3) is 0.0909. The van der Waals surface area contributed by atoms with E-state index in [1.54, 1.807) is 60.8 Å². The summed E-state index contributed by atoms with van der Waals surface area (Å²) >= 11 is 0. The number of ketones is 1. The second kappa shape index (κ2) is 8.79. The van der Waals surface area contributed by atoms with E-state index in [0.29, 0.717) is 33.8 Å². The number of hydrogen-bond acceptors (Lipinski definition) is 6. The zero-order valence-corrected chi connectivity index (χ0v) is 15.9. The van der Waals surface area contributed by atoms with Gasteiger partial charge in [0.25, 0.3) is 5.91 Å². The maximum atomic E-state index is 12.6. The van der Waals surface area contributed by atoms with Gasteiger partial charge in [-0.2, -0.15) is 0 Å². The Morgan fingerprint density at radius 2 is 1.66 bits per heavy atom. The summed E-state index contributed by atoms with van der Waals surface area (Å²) in [7, 11) is 1.31. The predicted octanol–water partition coefficient (Wildman–Crippen LogP) is 4.07. The molecule has 1 heterocycles. The van der Waals surface area contributed by atoms with E-state index in [-0.39, 0.29) is 11.7 Å². The van der Waals surface area contributed by atoms with Crippen LogP contribution < -0.4 is 10.6 Å². The van der Waals surface area contributed by atoms with E-state index >= 15 is 0 Å². The molecule has 29 heavy (non-hydrogen) atoms. The van der Waals surface area contributed by atoms with Crippen molar-refractivity contribution in [2.24, 2.45) is 0 Å². The third-order valence-electron chi connectivity index (χ3n) is 4.14. The van der Waals surface area contributed by atoms with Crippen LogP contribution in [0.4, 0.5) is 17.1 Å². The molecule has 3 aromatic rings. The molecule has 0 aliphatic rings. The number of amides is 1. The Morgan fingerprint density at radius 1 is 0.897 bits per heavy atom. The van der Waals surface area contributed by atoms with E-state index < -0.39 is 5.97 Å². The van der Waals surface area contributed by atoms with Crippen LogP contribution in [-0.2, 0) is 4.74 Å². The molecule has 7 nitrogen and oxygen atoms in total. The van der Waals surface area contributed by atoms with Crippen LogP contribution in [0, 0.1) is 0 Å². The molecule has 0 saturated carbocycles. The normalized spacial score (nSPS) is 10.1. The molecule has 0 spiro atoms. The summed E-state index contributed by atoms with van der Waals surface area (Å²) in [6, 6.07) is 15.2. The van der Waals surface area contributed by atoms with E-state index in [1.807, 2.05) is 0 Å². The van der Waals surface area contributed by atoms with Gasteiger partial charge in [0.15, 0.2) is 5.78 Å². The molecule has 0 radical (unpaired) electrons. The van der Waals surface area contributed by atoms with Crippen LogP contribution in [0.1, 0.15) is 38.0 Å². The first-order chi connectivity index (χ1) is 14.0. The second-order valence-electron chi connectivity index (χ2n) is 6.22. The minimum atomic E-state index is -0.472. The number of carbonyl (C=O) groups excluding carboxylic acids is 3. The lowest BCUT2D eigenvalue weighted by Gasteiger charge is -2.11. The van der Waals surface area contributed by atoms with Crippen LogP contribution in [0.15, 0.2) is 67.0 Å². The van der Waals surface area contributed by atoms with Gasteiger partial charge in [-0.25, -0.2) is 4.79 Å². The lowest BCUT2D eigenvalue weighted by Crippen LogP contribution is -2.13. The van der Waals surface area contributed by atoms with Crippen molar-refractivity contribution in [3.63, 3.8) is 0 Å². The molecule has 0 aliphatic carbocycles. The molecule has 7 heteroatoms. The van der Waals surface area contributed by atoms with Crippen molar-refractivity contribution in [1.82, 2.24) is 4.98 Å². The Balaban J connectivity index is 1.80. The first-order valence-corrected chi connectivity index (χ1v) is 8.79. The molecule has 0 fully saturated rings. The molecule has 146 valence electrons. The molecule has 2 N–H and O–H groups in total. The molecule has 0 bridgehead atoms. The molecular weight excluding hydrogens is 370 g/mol. The van der Waals surface area contributed by atoms with Crippen molar-refractivity contribution >= 4 is 34.7 Å². The minimum absolute atomic E-state index is 0.0850. The van der Waals surface area contributed by atoms with Gasteiger partial charge in [-0.15, -0.1) is 0 Å². The number of hydrogen-bond donors (Lipinski definition) is 2. The number of para-hydroxylation sites is 1. The van der Waals surface area contributed by atoms with Gasteiger partial charge in [0, 0.05) is 17.4 Å². The number of carbonyl (C=O) groups is 3. The predicted molar refractivity (Wildman–Crippen MR) is 110 cm³/mol. The van der Waals surface area contributed by atoms with Crippen LogP contribution >= 0.6 is 0 Å². The first kappa shape index (κ1) is 19.8. The van der Waals surface area contributed by atoms with Gasteiger partial charge in [-0.1, -0.05) is 24.3 Å². The summed E-state index contributed by atoms with van der Waals surface area (Å²) in [5, 5.41) is 5.83. The topological polar surface area (TPSA) is 97.4 Å². The Hall–Kier alpha value is -4.00. The van der Waals surface area contributed by atoms with Crippen molar-refractivity contribution < 1.29 is 19.1 Å². The van der Waals surface area contributed by atoms with Gasteiger partial charge in [-0.3, -0.25) is 14.6 Å². The van der Waals surface area contributed by atoms with Crippen LogP contribution in [0.2, 0.25) is 0 Å². The molecule has 0 saturated heterocycles. The number of anilines is 3. The van der Waals surface area contributed by atoms with Crippen molar-refractivity contribution in [3.05, 3.63) is 83.7 Å². The number of rotatable bonds is 6. The highest BCUT2D eigenvalue weighted by Crippen LogP contribution is 2.22. The molecule has 0 aliphatic heterocycles. The number of esters is 1. The number of nitrogens with one attached hydrogen (secondary N) is 2. The highest BCUT2D eigenvalue weighted by molar-refractivity contribution is 6.05. The van der Waals surface area contributed by atoms with E-state index in [0.717, 1.165) is 0 Å². The zero-order chi connectivity index (χ0) is 20.8. The summed E-state index contributed by atoms with van der Waals surface area (Å²) in [6.45, 7) is 1.46. The van der Waals surface area contributed by atoms with Crippen molar-refractivity contribution in [3.8, 4) is 0 Å². The number of methoxy groups -OCH3 is 1. The Labute approximate surface area is 167 Å². The van der Waals surface area contributed by atoms with Gasteiger partial charge in [0.05, 0.1) is 35.8 Å². The van der Waals surface area contributed by atoms with E-state index in [1.165, 1.54) is 20.2 Å². The molecule has 2 aromatic carbocycles. The molecule has 1 aromatic heterocycles. The number of Topliss-reactive ketones (excluding diaryl/α,β-unsaturated/α-hetero) is 1. The SMILES string of the molecule is COC(=O)c1ccccc1Nc1cncc(C(=O)Nc2cccc(C(C)=O)c2)c1. The van der Waals surface area contributed by atoms with E-state index in [2.05, 4.69) is 15.6 Å². The summed E-state index contributed by atoms with van der Waals surface area (Å²) in [5.74, 6) is -0.929. The zero-order valence-electron chi connectivity index (χ0n) is 15.9. The van der Waals surface area contributed by atoms with Crippen LogP contribution in [0.5, 0.6) is 0 Å². The smallest absolute Gasteiger partial charge is 0.339 e. The standard InChI is InChI=1S/C22H19N3O4/c1-14(26)15-6-5-7-17(10-15)25-21(27)16-11-18(13-23-12-16)24-20-9-4-3-8-19(20)22(28)29-2/h3-13,24H,1-2H3,(H,25,27). The van der Waals surface area contributed by atoms with Crippen molar-refractivity contribution in [2.45, 2.75) is 6.92 Å². The van der Waals surface area contributed by atoms with E-state index in [9.17, 15) is 14.4 Å². The quantitative estimate of drug-likeness (QED) is 0.487. The minimum Gasteiger partial charge on any atom is -0.465 e. The van der Waals surface area contributed by atoms with Crippen LogP contribution in [-0.4, -0.2) is 29.8 Å². The third kappa shape index (κ3) is 4.84. The Kier molecular flexibility index (Phi) is 5.99. The van der Waals surface area contributed by atoms with E-state index in [4.69, 9.17) is 4.74 Å². The monoisotopic (exact) mass is 389 g/mol. The largest absolute Gasteiger partial charge is 0.465 e. The fourth-order valence-electron chi connectivity index (χ4n) is 2.69. The Bertz CT molecular complexity index is 1080. The average molecular weight is 389 g/mol. The molecular formula is C22H19N3O4. The van der Waals surface area contributed by atoms with Crippen molar-refractivity contribution in [2.75, 3.05) is 17.7 Å². The van der Waals surface area contributed by atoms with Gasteiger partial charge < -0.3 is 15.4 Å². The molecule has 3 rings (SSSR count). The highest BCUT2D eigenvalue weighted by Gasteiger charge is 2.13. The lowest BCUT2D eigenvalue weighted by molar-refractivity contribution is 0.0601. The number of nitrogens with zero attached hydrogens (tertiary/aromatic N) is 1. The number of benzene rings is 2. The maximum absolute atomic E-state index is 12.6. The van der Waals surface area contributed by atoms with Crippen LogP contribution in [0.25, 0.3) is 0 Å². The molecule has 0 unspecified atom stereocenters. The second-order valence-corrected chi connectivity index (χ2v) is 6.22. The summed E-state index contributed by atoms with van der Waals surface area (Å²) < 4.78 is 4.79. The Morgan fingerprint density at radius 3 is 2.41 bits per heavy atom. The fourth-order valence-corrected chi connectivity index (χ4v) is 2.69. The summed E-state index contributed by atoms with van der Waals surface area (Å²) in [6.07, 6.45) is 2.97. The number of ether oxygens (including phenoxy) is 1.